The molecule has 0 bridgehead atoms. The molecule has 0 aliphatic carbocycles. The van der Waals surface area contributed by atoms with E-state index in [1.54, 1.807) is 6.08 Å². The van der Waals surface area contributed by atoms with Crippen LogP contribution in [0.5, 0.6) is 0 Å². The van der Waals surface area contributed by atoms with E-state index in [1.165, 1.54) is 231 Å². The summed E-state index contributed by atoms with van der Waals surface area (Å²) in [6, 6.07) is -0.623. The van der Waals surface area contributed by atoms with Crippen molar-refractivity contribution in [2.24, 2.45) is 0 Å². The summed E-state index contributed by atoms with van der Waals surface area (Å²) in [6.07, 6.45) is 79.6. The highest BCUT2D eigenvalue weighted by Gasteiger charge is 2.18. The Morgan fingerprint density at radius 1 is 0.385 bits per heavy atom. The Morgan fingerprint density at radius 2 is 0.677 bits per heavy atom. The average Bonchev–Trinajstić information content (AvgIpc) is 3.31. The second-order valence-corrected chi connectivity index (χ2v) is 19.7. The van der Waals surface area contributed by atoms with E-state index in [0.717, 1.165) is 51.4 Å². The highest BCUT2D eigenvalue weighted by Crippen LogP contribution is 2.17. The molecule has 2 atom stereocenters. The van der Waals surface area contributed by atoms with Gasteiger partial charge in [0.1, 0.15) is 0 Å². The highest BCUT2D eigenvalue weighted by atomic mass is 16.3. The highest BCUT2D eigenvalue weighted by molar-refractivity contribution is 5.76. The molecular weight excluding hydrogens is 795 g/mol. The fourth-order valence-electron chi connectivity index (χ4n) is 8.88. The lowest BCUT2D eigenvalue weighted by molar-refractivity contribution is -0.123. The normalized spacial score (nSPS) is 13.2. The molecule has 0 fully saturated rings. The summed E-state index contributed by atoms with van der Waals surface area (Å²) < 4.78 is 0. The quantitative estimate of drug-likeness (QED) is 0.0421. The van der Waals surface area contributed by atoms with Crippen LogP contribution >= 0.6 is 0 Å². The Hall–Kier alpha value is -1.91. The van der Waals surface area contributed by atoms with Crippen molar-refractivity contribution in [1.82, 2.24) is 5.32 Å². The summed E-state index contributed by atoms with van der Waals surface area (Å²) in [7, 11) is 0. The molecule has 0 aliphatic rings. The van der Waals surface area contributed by atoms with Crippen molar-refractivity contribution in [2.45, 2.75) is 315 Å². The number of allylic oxidation sites excluding steroid dienone is 9. The summed E-state index contributed by atoms with van der Waals surface area (Å²) in [5, 5.41) is 23.2. The third-order valence-electron chi connectivity index (χ3n) is 13.3. The Labute approximate surface area is 406 Å². The second kappa shape index (κ2) is 56.4. The van der Waals surface area contributed by atoms with Crippen LogP contribution in [0, 0.1) is 0 Å². The first-order chi connectivity index (χ1) is 32.2. The maximum Gasteiger partial charge on any atom is 0.220 e. The summed E-state index contributed by atoms with van der Waals surface area (Å²) in [4.78, 5) is 12.5. The van der Waals surface area contributed by atoms with Gasteiger partial charge in [0.25, 0.3) is 0 Å². The van der Waals surface area contributed by atoms with E-state index < -0.39 is 12.1 Å². The zero-order valence-electron chi connectivity index (χ0n) is 43.8. The van der Waals surface area contributed by atoms with Crippen LogP contribution in [0.2, 0.25) is 0 Å². The number of aliphatic hydroxyl groups is 2. The number of nitrogens with one attached hydrogen (secondary N) is 1. The van der Waals surface area contributed by atoms with Gasteiger partial charge < -0.3 is 15.5 Å². The van der Waals surface area contributed by atoms with Gasteiger partial charge in [0.2, 0.25) is 5.91 Å². The predicted octanol–water partition coefficient (Wildman–Crippen LogP) is 19.2. The molecule has 3 N–H and O–H groups in total. The number of unbranched alkanes of at least 4 members (excludes halogenated alkanes) is 38. The first kappa shape index (κ1) is 63.1. The maximum atomic E-state index is 12.5. The standard InChI is InChI=1S/C61H113NO3/c1-3-5-7-9-11-13-15-17-19-21-23-25-26-27-28-29-30-31-32-33-34-35-36-37-39-41-43-45-47-49-51-53-55-57-61(65)62-59(58-63)60(64)56-54-52-50-48-46-44-42-40-38-24-22-20-18-16-14-12-10-8-6-4-2/h5,7,11,13,17,19,23,25,54,56,59-60,63-64H,3-4,6,8-10,12,14-16,18,20-22,24,26-53,55,57-58H2,1-2H3,(H,62,65)/b7-5-,13-11-,19-17-,25-23-,56-54+. The van der Waals surface area contributed by atoms with Crippen LogP contribution in [-0.2, 0) is 4.79 Å². The van der Waals surface area contributed by atoms with Crippen molar-refractivity contribution >= 4 is 5.91 Å². The summed E-state index contributed by atoms with van der Waals surface area (Å²) in [5.41, 5.74) is 0. The van der Waals surface area contributed by atoms with Crippen molar-refractivity contribution in [2.75, 3.05) is 6.61 Å². The van der Waals surface area contributed by atoms with E-state index in [1.807, 2.05) is 6.08 Å². The van der Waals surface area contributed by atoms with Crippen LogP contribution in [0.25, 0.3) is 0 Å². The Balaban J connectivity index is 3.46. The molecular formula is C61H113NO3. The van der Waals surface area contributed by atoms with Gasteiger partial charge in [0, 0.05) is 6.42 Å². The lowest BCUT2D eigenvalue weighted by Crippen LogP contribution is -2.45. The smallest absolute Gasteiger partial charge is 0.220 e. The topological polar surface area (TPSA) is 69.6 Å². The van der Waals surface area contributed by atoms with Crippen LogP contribution in [0.3, 0.4) is 0 Å². The molecule has 4 nitrogen and oxygen atoms in total. The minimum absolute atomic E-state index is 0.0598. The molecule has 0 aliphatic heterocycles. The number of hydrogen-bond donors (Lipinski definition) is 3. The van der Waals surface area contributed by atoms with Gasteiger partial charge in [-0.25, -0.2) is 0 Å². The van der Waals surface area contributed by atoms with Gasteiger partial charge in [-0.15, -0.1) is 0 Å². The van der Waals surface area contributed by atoms with Crippen molar-refractivity contribution in [3.8, 4) is 0 Å². The van der Waals surface area contributed by atoms with Crippen molar-refractivity contribution in [1.29, 1.82) is 0 Å². The lowest BCUT2D eigenvalue weighted by Gasteiger charge is -2.20. The van der Waals surface area contributed by atoms with Gasteiger partial charge in [-0.2, -0.15) is 0 Å². The molecule has 4 heteroatoms. The zero-order valence-corrected chi connectivity index (χ0v) is 43.8. The van der Waals surface area contributed by atoms with Gasteiger partial charge in [-0.3, -0.25) is 4.79 Å². The molecule has 0 saturated carbocycles. The second-order valence-electron chi connectivity index (χ2n) is 19.7. The SMILES string of the molecule is CC/C=C\C/C=C\C/C=C\C/C=C\CCCCCCCCCCCCCCCCCCCCCCC(=O)NC(CO)C(O)/C=C/CCCCCCCCCCCCCCCCCCCC. The predicted molar refractivity (Wildman–Crippen MR) is 290 cm³/mol. The van der Waals surface area contributed by atoms with Crippen LogP contribution in [0.1, 0.15) is 303 Å². The van der Waals surface area contributed by atoms with Gasteiger partial charge >= 0.3 is 0 Å². The molecule has 2 unspecified atom stereocenters. The summed E-state index contributed by atoms with van der Waals surface area (Å²) in [5.74, 6) is -0.0598. The number of carbonyl (C=O) groups excluding carboxylic acids is 1. The first-order valence-electron chi connectivity index (χ1n) is 29.0. The number of aliphatic hydroxyl groups excluding tert-OH is 2. The van der Waals surface area contributed by atoms with E-state index >= 15 is 0 Å². The van der Waals surface area contributed by atoms with Crippen LogP contribution in [-0.4, -0.2) is 34.9 Å². The van der Waals surface area contributed by atoms with Gasteiger partial charge in [0.05, 0.1) is 18.8 Å². The summed E-state index contributed by atoms with van der Waals surface area (Å²) >= 11 is 0. The lowest BCUT2D eigenvalue weighted by atomic mass is 10.0. The number of amides is 1. The molecule has 0 aromatic heterocycles. The van der Waals surface area contributed by atoms with Crippen molar-refractivity contribution in [3.05, 3.63) is 60.8 Å². The third-order valence-corrected chi connectivity index (χ3v) is 13.3. The Bertz CT molecular complexity index is 1070. The average molecular weight is 909 g/mol. The molecule has 0 aromatic carbocycles. The van der Waals surface area contributed by atoms with Crippen LogP contribution < -0.4 is 5.32 Å². The maximum absolute atomic E-state index is 12.5. The van der Waals surface area contributed by atoms with E-state index in [0.29, 0.717) is 6.42 Å². The molecule has 0 spiro atoms. The molecule has 0 saturated heterocycles. The minimum atomic E-state index is -0.840. The van der Waals surface area contributed by atoms with Crippen molar-refractivity contribution in [3.63, 3.8) is 0 Å². The minimum Gasteiger partial charge on any atom is -0.394 e. The van der Waals surface area contributed by atoms with Crippen LogP contribution in [0.4, 0.5) is 0 Å². The molecule has 0 rings (SSSR count). The fourth-order valence-corrected chi connectivity index (χ4v) is 8.88. The van der Waals surface area contributed by atoms with E-state index in [4.69, 9.17) is 0 Å². The first-order valence-corrected chi connectivity index (χ1v) is 29.0. The van der Waals surface area contributed by atoms with E-state index in [9.17, 15) is 15.0 Å². The zero-order chi connectivity index (χ0) is 47.0. The van der Waals surface area contributed by atoms with Crippen molar-refractivity contribution < 1.29 is 15.0 Å². The molecule has 0 radical (unpaired) electrons. The molecule has 65 heavy (non-hydrogen) atoms. The Morgan fingerprint density at radius 3 is 1.02 bits per heavy atom. The number of carbonyl (C=O) groups is 1. The summed E-state index contributed by atoms with van der Waals surface area (Å²) in [6.45, 7) is 4.22. The monoisotopic (exact) mass is 908 g/mol. The van der Waals surface area contributed by atoms with Gasteiger partial charge in [-0.1, -0.05) is 299 Å². The van der Waals surface area contributed by atoms with Gasteiger partial charge in [0.15, 0.2) is 0 Å². The van der Waals surface area contributed by atoms with Crippen LogP contribution in [0.15, 0.2) is 60.8 Å². The molecule has 380 valence electrons. The fraction of sp³-hybridized carbons (Fsp3) is 0.820. The van der Waals surface area contributed by atoms with E-state index in [-0.39, 0.29) is 12.5 Å². The molecule has 1 amide bonds. The largest absolute Gasteiger partial charge is 0.394 e. The molecule has 0 aromatic rings. The van der Waals surface area contributed by atoms with E-state index in [2.05, 4.69) is 67.8 Å². The number of hydrogen-bond acceptors (Lipinski definition) is 3. The van der Waals surface area contributed by atoms with Gasteiger partial charge in [-0.05, 0) is 57.8 Å². The number of rotatable bonds is 53. The molecule has 0 heterocycles. The third kappa shape index (κ3) is 52.9. The Kier molecular flexibility index (Phi) is 54.8.